The summed E-state index contributed by atoms with van der Waals surface area (Å²) in [6, 6.07) is 0.421. The van der Waals surface area contributed by atoms with Crippen LogP contribution in [0.2, 0.25) is 0 Å². The highest BCUT2D eigenvalue weighted by molar-refractivity contribution is 8.00. The van der Waals surface area contributed by atoms with Crippen molar-refractivity contribution in [2.45, 2.75) is 37.3 Å². The summed E-state index contributed by atoms with van der Waals surface area (Å²) in [7, 11) is -1.51. The molecule has 0 spiro atoms. The summed E-state index contributed by atoms with van der Waals surface area (Å²) < 4.78 is 27.3. The summed E-state index contributed by atoms with van der Waals surface area (Å²) in [5.74, 6) is 1.41. The lowest BCUT2D eigenvalue weighted by molar-refractivity contribution is -0.148. The third-order valence-corrected chi connectivity index (χ3v) is 6.15. The van der Waals surface area contributed by atoms with E-state index in [0.29, 0.717) is 23.5 Å². The largest absolute Gasteiger partial charge is 0.468 e. The second kappa shape index (κ2) is 6.23. The Hall–Kier alpha value is -0.270. The molecule has 5 nitrogen and oxygen atoms in total. The van der Waals surface area contributed by atoms with Crippen LogP contribution in [-0.4, -0.2) is 56.6 Å². The van der Waals surface area contributed by atoms with Crippen LogP contribution in [0.15, 0.2) is 0 Å². The fraction of sp³-hybridized carbons (Fsp3) is 0.923. The average Bonchev–Trinajstić information content (AvgIpc) is 3.23. The Morgan fingerprint density at radius 2 is 2.00 bits per heavy atom. The first-order valence-corrected chi connectivity index (χ1v) is 10.2. The van der Waals surface area contributed by atoms with Gasteiger partial charge in [0.2, 0.25) is 0 Å². The highest BCUT2D eigenvalue weighted by Crippen LogP contribution is 2.43. The van der Waals surface area contributed by atoms with Gasteiger partial charge in [-0.05, 0) is 31.6 Å². The van der Waals surface area contributed by atoms with Crippen LogP contribution in [0.1, 0.15) is 25.7 Å². The number of hydrogen-bond donors (Lipinski definition) is 1. The normalized spacial score (nSPS) is 22.3. The number of methoxy groups -OCH3 is 1. The molecule has 2 saturated carbocycles. The molecule has 7 heteroatoms. The monoisotopic (exact) mass is 321 g/mol. The van der Waals surface area contributed by atoms with Crippen LogP contribution in [0.5, 0.6) is 0 Å². The van der Waals surface area contributed by atoms with E-state index in [1.807, 2.05) is 0 Å². The van der Waals surface area contributed by atoms with E-state index < -0.39 is 15.4 Å². The van der Waals surface area contributed by atoms with Gasteiger partial charge < -0.3 is 4.74 Å². The van der Waals surface area contributed by atoms with Gasteiger partial charge >= 0.3 is 5.97 Å². The maximum absolute atomic E-state index is 12.3. The fourth-order valence-corrected chi connectivity index (χ4v) is 4.94. The Morgan fingerprint density at radius 1 is 1.35 bits per heavy atom. The number of sulfone groups is 1. The minimum absolute atomic E-state index is 0.156. The first kappa shape index (κ1) is 16.1. The average molecular weight is 321 g/mol. The van der Waals surface area contributed by atoms with E-state index in [1.54, 1.807) is 0 Å². The number of rotatable bonds is 9. The Bertz CT molecular complexity index is 457. The highest BCUT2D eigenvalue weighted by atomic mass is 32.2. The second-order valence-corrected chi connectivity index (χ2v) is 9.20. The summed E-state index contributed by atoms with van der Waals surface area (Å²) >= 11 is 1.53. The molecule has 0 aromatic heterocycles. The molecule has 2 aliphatic carbocycles. The van der Waals surface area contributed by atoms with Crippen molar-refractivity contribution in [1.82, 2.24) is 5.32 Å². The van der Waals surface area contributed by atoms with Crippen LogP contribution in [-0.2, 0) is 19.4 Å². The third-order valence-electron chi connectivity index (χ3n) is 3.79. The van der Waals surface area contributed by atoms with Crippen LogP contribution in [0.25, 0.3) is 0 Å². The maximum Gasteiger partial charge on any atom is 0.327 e. The SMILES string of the molecule is COC(=O)C(CSCCS(C)(=O)=O)(NC1CC1)C1CC1. The van der Waals surface area contributed by atoms with Crippen molar-refractivity contribution >= 4 is 27.6 Å². The van der Waals surface area contributed by atoms with Gasteiger partial charge in [-0.2, -0.15) is 11.8 Å². The molecule has 0 aromatic carbocycles. The molecule has 0 bridgehead atoms. The van der Waals surface area contributed by atoms with Crippen LogP contribution < -0.4 is 5.32 Å². The molecule has 2 fully saturated rings. The molecule has 20 heavy (non-hydrogen) atoms. The van der Waals surface area contributed by atoms with Gasteiger partial charge in [-0.15, -0.1) is 0 Å². The van der Waals surface area contributed by atoms with Gasteiger partial charge in [0.25, 0.3) is 0 Å². The lowest BCUT2D eigenvalue weighted by atomic mass is 9.95. The van der Waals surface area contributed by atoms with Crippen molar-refractivity contribution in [3.8, 4) is 0 Å². The third kappa shape index (κ3) is 4.36. The molecular formula is C13H23NO4S2. The van der Waals surface area contributed by atoms with Gasteiger partial charge in [-0.25, -0.2) is 8.42 Å². The van der Waals surface area contributed by atoms with Crippen molar-refractivity contribution in [2.75, 3.05) is 30.6 Å². The molecule has 2 rings (SSSR count). The smallest absolute Gasteiger partial charge is 0.327 e. The van der Waals surface area contributed by atoms with Crippen LogP contribution in [0.3, 0.4) is 0 Å². The van der Waals surface area contributed by atoms with E-state index in [-0.39, 0.29) is 11.7 Å². The Labute approximate surface area is 125 Å². The van der Waals surface area contributed by atoms with E-state index in [1.165, 1.54) is 25.1 Å². The van der Waals surface area contributed by atoms with E-state index >= 15 is 0 Å². The quantitative estimate of drug-likeness (QED) is 0.501. The minimum Gasteiger partial charge on any atom is -0.468 e. The molecule has 0 aliphatic heterocycles. The molecular weight excluding hydrogens is 298 g/mol. The summed E-state index contributed by atoms with van der Waals surface area (Å²) in [5, 5.41) is 3.47. The first-order valence-electron chi connectivity index (χ1n) is 6.99. The Morgan fingerprint density at radius 3 is 2.45 bits per heavy atom. The maximum atomic E-state index is 12.3. The molecule has 1 N–H and O–H groups in total. The molecule has 1 unspecified atom stereocenters. The zero-order valence-electron chi connectivity index (χ0n) is 12.1. The van der Waals surface area contributed by atoms with Gasteiger partial charge in [-0.1, -0.05) is 0 Å². The number of esters is 1. The zero-order valence-corrected chi connectivity index (χ0v) is 13.7. The number of thioether (sulfide) groups is 1. The number of nitrogens with one attached hydrogen (secondary N) is 1. The topological polar surface area (TPSA) is 72.5 Å². The van der Waals surface area contributed by atoms with Crippen LogP contribution >= 0.6 is 11.8 Å². The van der Waals surface area contributed by atoms with Crippen molar-refractivity contribution in [2.24, 2.45) is 5.92 Å². The predicted molar refractivity (Wildman–Crippen MR) is 80.7 cm³/mol. The van der Waals surface area contributed by atoms with E-state index in [2.05, 4.69) is 5.32 Å². The lowest BCUT2D eigenvalue weighted by Gasteiger charge is -2.32. The summed E-state index contributed by atoms with van der Waals surface area (Å²) in [4.78, 5) is 12.3. The highest BCUT2D eigenvalue weighted by Gasteiger charge is 2.53. The van der Waals surface area contributed by atoms with Crippen molar-refractivity contribution in [3.63, 3.8) is 0 Å². The molecule has 0 saturated heterocycles. The van der Waals surface area contributed by atoms with Gasteiger partial charge in [0, 0.05) is 23.8 Å². The standard InChI is InChI=1S/C13H23NO4S2/c1-18-12(15)13(10-3-4-10,14-11-5-6-11)9-19-7-8-20(2,16)17/h10-11,14H,3-9H2,1-2H3. The number of carbonyl (C=O) groups is 1. The Kier molecular flexibility index (Phi) is 5.02. The summed E-state index contributed by atoms with van der Waals surface area (Å²) in [6.07, 6.45) is 5.55. The van der Waals surface area contributed by atoms with Gasteiger partial charge in [-0.3, -0.25) is 10.1 Å². The van der Waals surface area contributed by atoms with E-state index in [4.69, 9.17) is 4.74 Å². The molecule has 0 radical (unpaired) electrons. The zero-order chi connectivity index (χ0) is 14.8. The summed E-state index contributed by atoms with van der Waals surface area (Å²) in [6.45, 7) is 0. The van der Waals surface area contributed by atoms with E-state index in [9.17, 15) is 13.2 Å². The molecule has 0 heterocycles. The number of hydrogen-bond acceptors (Lipinski definition) is 6. The molecule has 116 valence electrons. The number of ether oxygens (including phenoxy) is 1. The fourth-order valence-electron chi connectivity index (χ4n) is 2.36. The predicted octanol–water partition coefficient (Wildman–Crippen LogP) is 0.838. The molecule has 2 aliphatic rings. The van der Waals surface area contributed by atoms with Crippen LogP contribution in [0, 0.1) is 5.92 Å². The first-order chi connectivity index (χ1) is 9.37. The molecule has 1 atom stereocenters. The van der Waals surface area contributed by atoms with Gasteiger partial charge in [0.15, 0.2) is 0 Å². The molecule has 0 aromatic rings. The summed E-state index contributed by atoms with van der Waals surface area (Å²) in [5.41, 5.74) is -0.613. The Balaban J connectivity index is 1.95. The van der Waals surface area contributed by atoms with Crippen molar-refractivity contribution in [3.05, 3.63) is 0 Å². The lowest BCUT2D eigenvalue weighted by Crippen LogP contribution is -2.57. The van der Waals surface area contributed by atoms with Crippen molar-refractivity contribution in [1.29, 1.82) is 0 Å². The number of carbonyl (C=O) groups excluding carboxylic acids is 1. The van der Waals surface area contributed by atoms with Crippen molar-refractivity contribution < 1.29 is 17.9 Å². The molecule has 0 amide bonds. The van der Waals surface area contributed by atoms with Gasteiger partial charge in [0.1, 0.15) is 15.4 Å². The minimum atomic E-state index is -2.94. The van der Waals surface area contributed by atoms with Crippen LogP contribution in [0.4, 0.5) is 0 Å². The second-order valence-electron chi connectivity index (χ2n) is 5.84. The van der Waals surface area contributed by atoms with E-state index in [0.717, 1.165) is 25.7 Å². The van der Waals surface area contributed by atoms with Gasteiger partial charge in [0.05, 0.1) is 12.9 Å².